The van der Waals surface area contributed by atoms with E-state index in [1.54, 1.807) is 13.8 Å². The summed E-state index contributed by atoms with van der Waals surface area (Å²) in [5.74, 6) is -0.819. The molecule has 0 aromatic heterocycles. The van der Waals surface area contributed by atoms with Crippen LogP contribution >= 0.6 is 0 Å². The van der Waals surface area contributed by atoms with Crippen LogP contribution in [0, 0.1) is 11.3 Å². The van der Waals surface area contributed by atoms with E-state index in [2.05, 4.69) is 0 Å². The van der Waals surface area contributed by atoms with Gasteiger partial charge in [0, 0.05) is 0 Å². The largest absolute Gasteiger partial charge is 0.481 e. The smallest absolute Gasteiger partial charge is 0.309 e. The van der Waals surface area contributed by atoms with Crippen molar-refractivity contribution < 1.29 is 14.6 Å². The second kappa shape index (κ2) is 7.10. The van der Waals surface area contributed by atoms with Gasteiger partial charge in [0.05, 0.1) is 18.6 Å². The van der Waals surface area contributed by atoms with E-state index in [0.717, 1.165) is 5.56 Å². The van der Waals surface area contributed by atoms with Gasteiger partial charge in [0.15, 0.2) is 0 Å². The molecular formula is C16H22O3. The van der Waals surface area contributed by atoms with E-state index in [0.29, 0.717) is 13.2 Å². The number of rotatable bonds is 7. The molecule has 1 atom stereocenters. The molecular weight excluding hydrogens is 240 g/mol. The van der Waals surface area contributed by atoms with E-state index in [1.807, 2.05) is 49.4 Å². The summed E-state index contributed by atoms with van der Waals surface area (Å²) in [5.41, 5.74) is 0.380. The molecule has 0 saturated heterocycles. The number of benzene rings is 1. The normalized spacial score (nSPS) is 13.6. The van der Waals surface area contributed by atoms with Gasteiger partial charge < -0.3 is 9.84 Å². The molecule has 0 saturated carbocycles. The van der Waals surface area contributed by atoms with E-state index in [1.165, 1.54) is 0 Å². The predicted molar refractivity (Wildman–Crippen MR) is 75.8 cm³/mol. The summed E-state index contributed by atoms with van der Waals surface area (Å²) in [5, 5.41) is 9.10. The Balaban J connectivity index is 2.33. The Labute approximate surface area is 114 Å². The molecule has 3 heteroatoms. The van der Waals surface area contributed by atoms with Crippen LogP contribution < -0.4 is 0 Å². The summed E-state index contributed by atoms with van der Waals surface area (Å²) >= 11 is 0. The Hall–Kier alpha value is -1.61. The van der Waals surface area contributed by atoms with Crippen molar-refractivity contribution in [3.05, 3.63) is 48.0 Å². The fourth-order valence-electron chi connectivity index (χ4n) is 1.51. The third kappa shape index (κ3) is 4.87. The van der Waals surface area contributed by atoms with Gasteiger partial charge in [0.1, 0.15) is 0 Å². The van der Waals surface area contributed by atoms with Gasteiger partial charge in [-0.25, -0.2) is 0 Å². The fourth-order valence-corrected chi connectivity index (χ4v) is 1.51. The van der Waals surface area contributed by atoms with Crippen LogP contribution in [0.1, 0.15) is 26.3 Å². The monoisotopic (exact) mass is 262 g/mol. The number of carboxylic acids is 1. The predicted octanol–water partition coefficient (Wildman–Crippen LogP) is 3.51. The number of hydrogen-bond donors (Lipinski definition) is 1. The standard InChI is InChI=1S/C16H22O3/c1-13(16(2,3)15(17)18)8-7-11-19-12-14-9-5-4-6-10-14/h4-10,13H,11-12H2,1-3H3,(H,17,18)/b8-7+/t13-/m1/s1. The zero-order valence-corrected chi connectivity index (χ0v) is 11.8. The van der Waals surface area contributed by atoms with E-state index in [9.17, 15) is 4.79 Å². The van der Waals surface area contributed by atoms with Crippen molar-refractivity contribution in [2.45, 2.75) is 27.4 Å². The molecule has 0 bridgehead atoms. The van der Waals surface area contributed by atoms with Crippen molar-refractivity contribution in [2.24, 2.45) is 11.3 Å². The van der Waals surface area contributed by atoms with Crippen LogP contribution in [0.25, 0.3) is 0 Å². The van der Waals surface area contributed by atoms with E-state index in [4.69, 9.17) is 9.84 Å². The number of carboxylic acid groups (broad SMARTS) is 1. The minimum absolute atomic E-state index is 0.0367. The first-order valence-electron chi connectivity index (χ1n) is 6.46. The zero-order chi connectivity index (χ0) is 14.3. The van der Waals surface area contributed by atoms with Crippen LogP contribution in [0.2, 0.25) is 0 Å². The summed E-state index contributed by atoms with van der Waals surface area (Å²) in [7, 11) is 0. The lowest BCUT2D eigenvalue weighted by Crippen LogP contribution is -2.30. The van der Waals surface area contributed by atoms with E-state index in [-0.39, 0.29) is 5.92 Å². The highest BCUT2D eigenvalue weighted by Crippen LogP contribution is 2.27. The second-order valence-corrected chi connectivity index (χ2v) is 5.24. The van der Waals surface area contributed by atoms with Gasteiger partial charge in [-0.2, -0.15) is 0 Å². The molecule has 0 heterocycles. The van der Waals surface area contributed by atoms with Crippen molar-refractivity contribution in [3.8, 4) is 0 Å². The Morgan fingerprint density at radius 2 is 2.00 bits per heavy atom. The van der Waals surface area contributed by atoms with Gasteiger partial charge in [0.25, 0.3) is 0 Å². The molecule has 1 aromatic rings. The molecule has 0 spiro atoms. The van der Waals surface area contributed by atoms with Crippen LogP contribution in [0.3, 0.4) is 0 Å². The van der Waals surface area contributed by atoms with Gasteiger partial charge in [-0.15, -0.1) is 0 Å². The zero-order valence-electron chi connectivity index (χ0n) is 11.8. The SMILES string of the molecule is C[C@H](/C=C/COCc1ccccc1)C(C)(C)C(=O)O. The molecule has 0 aliphatic rings. The van der Waals surface area contributed by atoms with Crippen LogP contribution in [0.5, 0.6) is 0 Å². The van der Waals surface area contributed by atoms with Gasteiger partial charge in [-0.1, -0.05) is 49.4 Å². The first-order valence-corrected chi connectivity index (χ1v) is 6.46. The van der Waals surface area contributed by atoms with Crippen molar-refractivity contribution in [1.82, 2.24) is 0 Å². The van der Waals surface area contributed by atoms with E-state index < -0.39 is 11.4 Å². The van der Waals surface area contributed by atoms with Crippen molar-refractivity contribution in [3.63, 3.8) is 0 Å². The molecule has 0 amide bonds. The van der Waals surface area contributed by atoms with Gasteiger partial charge in [-0.05, 0) is 25.3 Å². The number of aliphatic carboxylic acids is 1. The molecule has 0 fully saturated rings. The maximum atomic E-state index is 11.1. The Kier molecular flexibility index (Phi) is 5.77. The van der Waals surface area contributed by atoms with Crippen LogP contribution in [0.15, 0.2) is 42.5 Å². The third-order valence-corrected chi connectivity index (χ3v) is 3.44. The molecule has 104 valence electrons. The van der Waals surface area contributed by atoms with Crippen molar-refractivity contribution in [1.29, 1.82) is 0 Å². The molecule has 0 aliphatic heterocycles. The van der Waals surface area contributed by atoms with E-state index >= 15 is 0 Å². The number of allylic oxidation sites excluding steroid dienone is 1. The topological polar surface area (TPSA) is 46.5 Å². The molecule has 0 aliphatic carbocycles. The molecule has 1 rings (SSSR count). The third-order valence-electron chi connectivity index (χ3n) is 3.44. The summed E-state index contributed by atoms with van der Waals surface area (Å²) in [6, 6.07) is 9.96. The van der Waals surface area contributed by atoms with Crippen molar-refractivity contribution >= 4 is 5.97 Å². The highest BCUT2D eigenvalue weighted by molar-refractivity contribution is 5.74. The number of carbonyl (C=O) groups is 1. The average molecular weight is 262 g/mol. The molecule has 1 aromatic carbocycles. The Morgan fingerprint density at radius 3 is 2.58 bits per heavy atom. The fraction of sp³-hybridized carbons (Fsp3) is 0.438. The van der Waals surface area contributed by atoms with Crippen LogP contribution in [0.4, 0.5) is 0 Å². The first kappa shape index (κ1) is 15.4. The maximum absolute atomic E-state index is 11.1. The van der Waals surface area contributed by atoms with Gasteiger partial charge in [-0.3, -0.25) is 4.79 Å². The number of ether oxygens (including phenoxy) is 1. The maximum Gasteiger partial charge on any atom is 0.309 e. The minimum atomic E-state index is -0.783. The van der Waals surface area contributed by atoms with Gasteiger partial charge >= 0.3 is 5.97 Å². The Bertz CT molecular complexity index is 421. The lowest BCUT2D eigenvalue weighted by atomic mass is 9.80. The minimum Gasteiger partial charge on any atom is -0.481 e. The van der Waals surface area contributed by atoms with Crippen LogP contribution in [-0.2, 0) is 16.1 Å². The number of hydrogen-bond acceptors (Lipinski definition) is 2. The lowest BCUT2D eigenvalue weighted by molar-refractivity contribution is -0.148. The Morgan fingerprint density at radius 1 is 1.37 bits per heavy atom. The molecule has 19 heavy (non-hydrogen) atoms. The van der Waals surface area contributed by atoms with Crippen LogP contribution in [-0.4, -0.2) is 17.7 Å². The highest BCUT2D eigenvalue weighted by atomic mass is 16.5. The molecule has 0 unspecified atom stereocenters. The van der Waals surface area contributed by atoms with Crippen molar-refractivity contribution in [2.75, 3.05) is 6.61 Å². The van der Waals surface area contributed by atoms with Gasteiger partial charge in [0.2, 0.25) is 0 Å². The molecule has 1 N–H and O–H groups in total. The first-order chi connectivity index (χ1) is 8.94. The lowest BCUT2D eigenvalue weighted by Gasteiger charge is -2.24. The molecule has 3 nitrogen and oxygen atoms in total. The quantitative estimate of drug-likeness (QED) is 0.604. The summed E-state index contributed by atoms with van der Waals surface area (Å²) in [6.07, 6.45) is 3.79. The second-order valence-electron chi connectivity index (χ2n) is 5.24. The molecule has 0 radical (unpaired) electrons. The average Bonchev–Trinajstić information content (AvgIpc) is 2.39. The summed E-state index contributed by atoms with van der Waals surface area (Å²) < 4.78 is 5.51. The highest BCUT2D eigenvalue weighted by Gasteiger charge is 2.31. The summed E-state index contributed by atoms with van der Waals surface area (Å²) in [4.78, 5) is 11.1. The summed E-state index contributed by atoms with van der Waals surface area (Å²) in [6.45, 7) is 6.43.